The van der Waals surface area contributed by atoms with Crippen LogP contribution in [0.25, 0.3) is 0 Å². The largest absolute Gasteiger partial charge is 0.491 e. The quantitative estimate of drug-likeness (QED) is 0.295. The molecule has 0 N–H and O–H groups in total. The highest BCUT2D eigenvalue weighted by Crippen LogP contribution is 2.51. The molecule has 9 heteroatoms. The molecule has 0 spiro atoms. The van der Waals surface area contributed by atoms with E-state index in [0.29, 0.717) is 0 Å². The summed E-state index contributed by atoms with van der Waals surface area (Å²) in [6.45, 7) is 3.64. The number of hydrogen-bond acceptors (Lipinski definition) is 6. The number of alkyl halides is 1. The zero-order chi connectivity index (χ0) is 16.1. The van der Waals surface area contributed by atoms with Crippen molar-refractivity contribution in [2.45, 2.75) is 26.1 Å². The van der Waals surface area contributed by atoms with Gasteiger partial charge in [0.2, 0.25) is 5.76 Å². The van der Waals surface area contributed by atoms with Crippen molar-refractivity contribution >= 4 is 7.60 Å². The lowest BCUT2D eigenvalue weighted by Gasteiger charge is -2.25. The Bertz CT molecular complexity index is 496. The van der Waals surface area contributed by atoms with Gasteiger partial charge >= 0.3 is 13.4 Å². The van der Waals surface area contributed by atoms with Gasteiger partial charge < -0.3 is 13.8 Å². The van der Waals surface area contributed by atoms with E-state index in [1.54, 1.807) is 13.8 Å². The monoisotopic (exact) mass is 323 g/mol. The molecule has 0 aromatic rings. The summed E-state index contributed by atoms with van der Waals surface area (Å²) in [6.07, 6.45) is 1.88. The van der Waals surface area contributed by atoms with Crippen LogP contribution in [0.2, 0.25) is 0 Å². The molecule has 0 amide bonds. The second kappa shape index (κ2) is 7.15. The van der Waals surface area contributed by atoms with E-state index in [4.69, 9.17) is 13.8 Å². The van der Waals surface area contributed by atoms with Crippen molar-refractivity contribution < 1.29 is 27.7 Å². The van der Waals surface area contributed by atoms with Gasteiger partial charge in [-0.15, -0.1) is 0 Å². The maximum absolute atomic E-state index is 14.5. The molecule has 0 saturated heterocycles. The summed E-state index contributed by atoms with van der Waals surface area (Å²) >= 11 is 0. The Hall–Kier alpha value is -1.24. The smallest absolute Gasteiger partial charge is 0.419 e. The number of rotatable bonds is 8. The Morgan fingerprint density at radius 3 is 2.38 bits per heavy atom. The molecule has 1 aliphatic rings. The first-order valence-electron chi connectivity index (χ1n) is 6.47. The van der Waals surface area contributed by atoms with Gasteiger partial charge in [-0.2, -0.15) is 4.39 Å². The fourth-order valence-electron chi connectivity index (χ4n) is 2.03. The summed E-state index contributed by atoms with van der Waals surface area (Å²) < 4.78 is 41.8. The Kier molecular flexibility index (Phi) is 6.07. The van der Waals surface area contributed by atoms with E-state index in [1.165, 1.54) is 12.2 Å². The summed E-state index contributed by atoms with van der Waals surface area (Å²) in [6, 6.07) is 0. The number of ether oxygens (including phenoxy) is 1. The van der Waals surface area contributed by atoms with Crippen LogP contribution in [0, 0.1) is 10.1 Å². The maximum Gasteiger partial charge on any atom is 0.419 e. The Labute approximate surface area is 122 Å². The van der Waals surface area contributed by atoms with E-state index < -0.39 is 24.7 Å². The number of hydrogen-bond donors (Lipinski definition) is 0. The standard InChI is InChI=1S/C12H19FNO6P/c1-4-19-21(17,20-5-2)9-10-6-7-11(18-3)12(13,8-10)14(15)16/h6-7H,4-5,8-9H2,1-3H3. The van der Waals surface area contributed by atoms with Gasteiger partial charge in [0.1, 0.15) is 0 Å². The molecule has 0 aromatic heterocycles. The molecule has 21 heavy (non-hydrogen) atoms. The van der Waals surface area contributed by atoms with Crippen LogP contribution in [0.4, 0.5) is 4.39 Å². The third kappa shape index (κ3) is 4.12. The van der Waals surface area contributed by atoms with Crippen LogP contribution < -0.4 is 0 Å². The van der Waals surface area contributed by atoms with Gasteiger partial charge in [-0.3, -0.25) is 14.7 Å². The molecule has 1 unspecified atom stereocenters. The molecule has 0 fully saturated rings. The summed E-state index contributed by atoms with van der Waals surface area (Å²) in [7, 11) is -2.27. The van der Waals surface area contributed by atoms with E-state index >= 15 is 0 Å². The molecule has 1 aliphatic carbocycles. The Morgan fingerprint density at radius 2 is 1.95 bits per heavy atom. The molecule has 1 rings (SSSR count). The van der Waals surface area contributed by atoms with Crippen molar-refractivity contribution in [3.63, 3.8) is 0 Å². The molecule has 120 valence electrons. The molecular weight excluding hydrogens is 304 g/mol. The molecule has 0 aliphatic heterocycles. The zero-order valence-corrected chi connectivity index (χ0v) is 13.1. The van der Waals surface area contributed by atoms with Crippen molar-refractivity contribution in [3.05, 3.63) is 33.6 Å². The van der Waals surface area contributed by atoms with Gasteiger partial charge in [-0.05, 0) is 25.5 Å². The molecule has 7 nitrogen and oxygen atoms in total. The topological polar surface area (TPSA) is 87.9 Å². The first kappa shape index (κ1) is 17.8. The Morgan fingerprint density at radius 1 is 1.38 bits per heavy atom. The van der Waals surface area contributed by atoms with Crippen LogP contribution in [-0.2, 0) is 18.3 Å². The van der Waals surface area contributed by atoms with Crippen LogP contribution in [-0.4, -0.2) is 37.2 Å². The SMILES string of the molecule is CCOP(=O)(CC1=CC=C(OC)C(F)([N+](=O)[O-])C1)OCC. The van der Waals surface area contributed by atoms with Crippen molar-refractivity contribution in [1.29, 1.82) is 0 Å². The number of allylic oxidation sites excluding steroid dienone is 2. The molecule has 0 saturated carbocycles. The predicted octanol–water partition coefficient (Wildman–Crippen LogP) is 3.06. The molecule has 0 bridgehead atoms. The summed E-state index contributed by atoms with van der Waals surface area (Å²) in [5.41, 5.74) is 0.278. The van der Waals surface area contributed by atoms with Crippen LogP contribution in [0.15, 0.2) is 23.5 Å². The lowest BCUT2D eigenvalue weighted by molar-refractivity contribution is -0.597. The first-order valence-corrected chi connectivity index (χ1v) is 8.19. The van der Waals surface area contributed by atoms with Crippen molar-refractivity contribution in [2.24, 2.45) is 0 Å². The average molecular weight is 323 g/mol. The van der Waals surface area contributed by atoms with Crippen molar-refractivity contribution in [3.8, 4) is 0 Å². The van der Waals surface area contributed by atoms with Gasteiger partial charge in [-0.25, -0.2) is 0 Å². The minimum absolute atomic E-state index is 0.166. The molecule has 0 aromatic carbocycles. The van der Waals surface area contributed by atoms with Gasteiger partial charge in [0.15, 0.2) is 0 Å². The maximum atomic E-state index is 14.5. The van der Waals surface area contributed by atoms with Crippen LogP contribution >= 0.6 is 7.60 Å². The highest BCUT2D eigenvalue weighted by atomic mass is 31.2. The summed E-state index contributed by atoms with van der Waals surface area (Å²) in [4.78, 5) is 9.91. The molecule has 0 radical (unpaired) electrons. The van der Waals surface area contributed by atoms with E-state index in [1.807, 2.05) is 0 Å². The third-order valence-electron chi connectivity index (χ3n) is 2.87. The molecule has 0 heterocycles. The summed E-state index contributed by atoms with van der Waals surface area (Å²) in [5, 5.41) is 11.0. The predicted molar refractivity (Wildman–Crippen MR) is 74.4 cm³/mol. The zero-order valence-electron chi connectivity index (χ0n) is 12.2. The van der Waals surface area contributed by atoms with Crippen molar-refractivity contribution in [1.82, 2.24) is 0 Å². The highest BCUT2D eigenvalue weighted by Gasteiger charge is 2.51. The van der Waals surface area contributed by atoms with E-state index in [9.17, 15) is 19.1 Å². The first-order chi connectivity index (χ1) is 9.81. The second-order valence-corrected chi connectivity index (χ2v) is 6.41. The highest BCUT2D eigenvalue weighted by molar-refractivity contribution is 7.54. The minimum atomic E-state index is -3.43. The van der Waals surface area contributed by atoms with Crippen molar-refractivity contribution in [2.75, 3.05) is 26.5 Å². The molecular formula is C12H19FNO6P. The van der Waals surface area contributed by atoms with Gasteiger partial charge in [0, 0.05) is 0 Å². The van der Waals surface area contributed by atoms with Gasteiger partial charge in [0.25, 0.3) is 0 Å². The van der Waals surface area contributed by atoms with E-state index in [0.717, 1.165) is 7.11 Å². The fraction of sp³-hybridized carbons (Fsp3) is 0.667. The normalized spacial score (nSPS) is 22.5. The number of nitro groups is 1. The van der Waals surface area contributed by atoms with E-state index in [-0.39, 0.29) is 30.7 Å². The second-order valence-electron chi connectivity index (χ2n) is 4.36. The number of methoxy groups -OCH3 is 1. The van der Waals surface area contributed by atoms with Crippen LogP contribution in [0.3, 0.4) is 0 Å². The van der Waals surface area contributed by atoms with Gasteiger partial charge in [0.05, 0.1) is 37.8 Å². The fourth-order valence-corrected chi connectivity index (χ4v) is 3.78. The lowest BCUT2D eigenvalue weighted by atomic mass is 9.98. The average Bonchev–Trinajstić information content (AvgIpc) is 2.39. The lowest BCUT2D eigenvalue weighted by Crippen LogP contribution is -2.38. The van der Waals surface area contributed by atoms with Crippen LogP contribution in [0.1, 0.15) is 20.3 Å². The number of nitrogens with zero attached hydrogens (tertiary/aromatic N) is 1. The third-order valence-corrected chi connectivity index (χ3v) is 4.96. The Balaban J connectivity index is 3.00. The number of halogens is 1. The van der Waals surface area contributed by atoms with Crippen LogP contribution in [0.5, 0.6) is 0 Å². The van der Waals surface area contributed by atoms with Gasteiger partial charge in [-0.1, -0.05) is 6.08 Å². The van der Waals surface area contributed by atoms with E-state index in [2.05, 4.69) is 0 Å². The minimum Gasteiger partial charge on any atom is -0.491 e. The molecule has 1 atom stereocenters. The summed E-state index contributed by atoms with van der Waals surface area (Å²) in [5.74, 6) is -3.25.